The van der Waals surface area contributed by atoms with Crippen LogP contribution in [0.4, 0.5) is 0 Å². The molecule has 0 aromatic carbocycles. The van der Waals surface area contributed by atoms with Crippen LogP contribution in [-0.2, 0) is 0 Å². The van der Waals surface area contributed by atoms with Crippen molar-refractivity contribution in [2.45, 2.75) is 19.9 Å². The molecule has 0 fully saturated rings. The molecule has 60 valence electrons. The van der Waals surface area contributed by atoms with Crippen LogP contribution in [0.2, 0.25) is 0 Å². The van der Waals surface area contributed by atoms with Gasteiger partial charge in [-0.1, -0.05) is 13.8 Å². The predicted octanol–water partition coefficient (Wildman–Crippen LogP) is 1.13. The van der Waals surface area contributed by atoms with Crippen LogP contribution in [0.15, 0.2) is 18.5 Å². The molecule has 0 bridgehead atoms. The zero-order valence-corrected chi connectivity index (χ0v) is 6.86. The molecule has 1 atom stereocenters. The van der Waals surface area contributed by atoms with E-state index in [0.717, 1.165) is 5.56 Å². The van der Waals surface area contributed by atoms with Gasteiger partial charge in [-0.3, -0.25) is 0 Å². The summed E-state index contributed by atoms with van der Waals surface area (Å²) in [4.78, 5) is 0. The lowest BCUT2D eigenvalue weighted by molar-refractivity contribution is 0.512. The third kappa shape index (κ3) is 1.98. The molecule has 0 aliphatic carbocycles. The van der Waals surface area contributed by atoms with Crippen molar-refractivity contribution in [1.29, 1.82) is 0 Å². The third-order valence-electron chi connectivity index (χ3n) is 1.71. The number of rotatable bonds is 2. The fourth-order valence-corrected chi connectivity index (χ4v) is 0.883. The van der Waals surface area contributed by atoms with Crippen LogP contribution < -0.4 is 5.73 Å². The Bertz CT molecular complexity index is 208. The average Bonchev–Trinajstić information content (AvgIpc) is 2.05. The maximum absolute atomic E-state index is 5.87. The van der Waals surface area contributed by atoms with Gasteiger partial charge < -0.3 is 5.73 Å². The van der Waals surface area contributed by atoms with Crippen LogP contribution in [-0.4, -0.2) is 10.2 Å². The molecule has 0 aliphatic rings. The summed E-state index contributed by atoms with van der Waals surface area (Å²) in [5.41, 5.74) is 6.92. The van der Waals surface area contributed by atoms with E-state index in [1.165, 1.54) is 0 Å². The molecule has 0 spiro atoms. The summed E-state index contributed by atoms with van der Waals surface area (Å²) >= 11 is 0. The Balaban J connectivity index is 2.77. The van der Waals surface area contributed by atoms with Gasteiger partial charge in [0.1, 0.15) is 0 Å². The molecule has 1 aromatic rings. The van der Waals surface area contributed by atoms with Gasteiger partial charge in [0.2, 0.25) is 0 Å². The lowest BCUT2D eigenvalue weighted by atomic mass is 9.99. The zero-order valence-electron chi connectivity index (χ0n) is 6.86. The van der Waals surface area contributed by atoms with E-state index >= 15 is 0 Å². The van der Waals surface area contributed by atoms with Crippen LogP contribution in [0.1, 0.15) is 25.5 Å². The molecule has 1 unspecified atom stereocenters. The summed E-state index contributed by atoms with van der Waals surface area (Å²) < 4.78 is 0. The molecule has 3 nitrogen and oxygen atoms in total. The second-order valence-corrected chi connectivity index (χ2v) is 2.95. The van der Waals surface area contributed by atoms with Gasteiger partial charge in [-0.05, 0) is 17.5 Å². The van der Waals surface area contributed by atoms with Crippen LogP contribution in [0.25, 0.3) is 0 Å². The minimum absolute atomic E-state index is 0.0745. The van der Waals surface area contributed by atoms with Crippen molar-refractivity contribution in [3.63, 3.8) is 0 Å². The Morgan fingerprint density at radius 2 is 2.09 bits per heavy atom. The van der Waals surface area contributed by atoms with Crippen LogP contribution in [0.3, 0.4) is 0 Å². The molecular formula is C8H13N3. The molecule has 0 saturated carbocycles. The Hall–Kier alpha value is -0.960. The molecule has 0 radical (unpaired) electrons. The molecule has 0 saturated heterocycles. The lowest BCUT2D eigenvalue weighted by Gasteiger charge is -2.14. The van der Waals surface area contributed by atoms with Gasteiger partial charge in [0.15, 0.2) is 0 Å². The Morgan fingerprint density at radius 1 is 1.36 bits per heavy atom. The predicted molar refractivity (Wildman–Crippen MR) is 43.8 cm³/mol. The first kappa shape index (κ1) is 8.14. The third-order valence-corrected chi connectivity index (χ3v) is 1.71. The summed E-state index contributed by atoms with van der Waals surface area (Å²) in [6, 6.07) is 1.97. The van der Waals surface area contributed by atoms with Crippen LogP contribution >= 0.6 is 0 Å². The zero-order chi connectivity index (χ0) is 8.27. The molecule has 0 aliphatic heterocycles. The van der Waals surface area contributed by atoms with Crippen molar-refractivity contribution in [1.82, 2.24) is 10.2 Å². The summed E-state index contributed by atoms with van der Waals surface area (Å²) in [5.74, 6) is 0.444. The van der Waals surface area contributed by atoms with Crippen molar-refractivity contribution in [2.75, 3.05) is 0 Å². The number of nitrogens with two attached hydrogens (primary N) is 1. The van der Waals surface area contributed by atoms with Crippen molar-refractivity contribution >= 4 is 0 Å². The van der Waals surface area contributed by atoms with Gasteiger partial charge in [0.25, 0.3) is 0 Å². The molecule has 2 N–H and O–H groups in total. The highest BCUT2D eigenvalue weighted by Gasteiger charge is 2.09. The van der Waals surface area contributed by atoms with Gasteiger partial charge in [0.05, 0.1) is 6.20 Å². The first-order valence-electron chi connectivity index (χ1n) is 3.74. The van der Waals surface area contributed by atoms with E-state index in [4.69, 9.17) is 5.73 Å². The summed E-state index contributed by atoms with van der Waals surface area (Å²) in [5, 5.41) is 7.44. The maximum Gasteiger partial charge on any atom is 0.0544 e. The Kier molecular flexibility index (Phi) is 2.54. The smallest absolute Gasteiger partial charge is 0.0544 e. The molecular weight excluding hydrogens is 138 g/mol. The Morgan fingerprint density at radius 3 is 2.55 bits per heavy atom. The van der Waals surface area contributed by atoms with E-state index in [9.17, 15) is 0 Å². The highest BCUT2D eigenvalue weighted by molar-refractivity contribution is 5.11. The average molecular weight is 151 g/mol. The van der Waals surface area contributed by atoms with E-state index in [-0.39, 0.29) is 6.04 Å². The van der Waals surface area contributed by atoms with Crippen LogP contribution in [0.5, 0.6) is 0 Å². The van der Waals surface area contributed by atoms with Crippen molar-refractivity contribution < 1.29 is 0 Å². The number of aromatic nitrogens is 2. The highest BCUT2D eigenvalue weighted by atomic mass is 15.1. The molecule has 0 amide bonds. The van der Waals surface area contributed by atoms with E-state index in [0.29, 0.717) is 5.92 Å². The summed E-state index contributed by atoms with van der Waals surface area (Å²) in [6.45, 7) is 4.18. The van der Waals surface area contributed by atoms with E-state index < -0.39 is 0 Å². The monoisotopic (exact) mass is 151 g/mol. The fraction of sp³-hybridized carbons (Fsp3) is 0.500. The number of hydrogen-bond donors (Lipinski definition) is 1. The first-order valence-corrected chi connectivity index (χ1v) is 3.74. The van der Waals surface area contributed by atoms with Gasteiger partial charge in [-0.15, -0.1) is 0 Å². The van der Waals surface area contributed by atoms with Crippen LogP contribution in [0, 0.1) is 5.92 Å². The van der Waals surface area contributed by atoms with Crippen molar-refractivity contribution in [2.24, 2.45) is 11.7 Å². The molecule has 1 rings (SSSR count). The molecule has 11 heavy (non-hydrogen) atoms. The van der Waals surface area contributed by atoms with Gasteiger partial charge in [-0.2, -0.15) is 10.2 Å². The van der Waals surface area contributed by atoms with E-state index in [1.807, 2.05) is 6.07 Å². The topological polar surface area (TPSA) is 51.8 Å². The van der Waals surface area contributed by atoms with Gasteiger partial charge >= 0.3 is 0 Å². The SMILES string of the molecule is CC(C)C(N)c1ccnnc1. The number of nitrogens with zero attached hydrogens (tertiary/aromatic N) is 2. The second kappa shape index (κ2) is 3.44. The normalized spacial score (nSPS) is 13.5. The quantitative estimate of drug-likeness (QED) is 0.689. The van der Waals surface area contributed by atoms with Gasteiger partial charge in [0, 0.05) is 12.2 Å². The van der Waals surface area contributed by atoms with Crippen molar-refractivity contribution in [3.05, 3.63) is 24.0 Å². The summed E-state index contributed by atoms with van der Waals surface area (Å²) in [6.07, 6.45) is 3.38. The minimum atomic E-state index is 0.0745. The lowest BCUT2D eigenvalue weighted by Crippen LogP contribution is -2.16. The van der Waals surface area contributed by atoms with Gasteiger partial charge in [-0.25, -0.2) is 0 Å². The summed E-state index contributed by atoms with van der Waals surface area (Å²) in [7, 11) is 0. The number of hydrogen-bond acceptors (Lipinski definition) is 3. The maximum atomic E-state index is 5.87. The minimum Gasteiger partial charge on any atom is -0.324 e. The van der Waals surface area contributed by atoms with Crippen molar-refractivity contribution in [3.8, 4) is 0 Å². The standard InChI is InChI=1S/C8H13N3/c1-6(2)8(9)7-3-4-10-11-5-7/h3-6,8H,9H2,1-2H3. The molecule has 1 aromatic heterocycles. The molecule has 3 heteroatoms. The Labute approximate surface area is 66.6 Å². The fourth-order valence-electron chi connectivity index (χ4n) is 0.883. The second-order valence-electron chi connectivity index (χ2n) is 2.95. The molecule has 1 heterocycles. The van der Waals surface area contributed by atoms with E-state index in [2.05, 4.69) is 24.0 Å². The van der Waals surface area contributed by atoms with E-state index in [1.54, 1.807) is 12.4 Å². The largest absolute Gasteiger partial charge is 0.324 e. The first-order chi connectivity index (χ1) is 5.22. The highest BCUT2D eigenvalue weighted by Crippen LogP contribution is 2.16.